The molecular formula is C9H15N3OS. The molecular weight excluding hydrogens is 198 g/mol. The smallest absolute Gasteiger partial charge is 0.145 e. The van der Waals surface area contributed by atoms with E-state index in [4.69, 9.17) is 4.74 Å². The first-order chi connectivity index (χ1) is 6.86. The minimum Gasteiger partial charge on any atom is -0.384 e. The Labute approximate surface area is 88.5 Å². The average molecular weight is 213 g/mol. The van der Waals surface area contributed by atoms with E-state index >= 15 is 0 Å². The zero-order valence-electron chi connectivity index (χ0n) is 8.49. The summed E-state index contributed by atoms with van der Waals surface area (Å²) >= 11 is 1.65. The van der Waals surface area contributed by atoms with Crippen molar-refractivity contribution in [3.8, 4) is 0 Å². The fourth-order valence-electron chi connectivity index (χ4n) is 0.913. The molecule has 0 unspecified atom stereocenters. The maximum atomic E-state index is 4.96. The maximum absolute atomic E-state index is 4.96. The van der Waals surface area contributed by atoms with Crippen LogP contribution in [0.3, 0.4) is 0 Å². The average Bonchev–Trinajstić information content (AvgIpc) is 2.19. The zero-order chi connectivity index (χ0) is 10.2. The standard InChI is InChI=1S/C9H15N3OS/c1-3-11-8-6-10-7-9(12-8)14-5-4-13-2/h6-7H,3-5H2,1-2H3,(H,11,12). The molecule has 0 aromatic carbocycles. The van der Waals surface area contributed by atoms with Crippen LogP contribution in [-0.2, 0) is 4.74 Å². The van der Waals surface area contributed by atoms with Gasteiger partial charge < -0.3 is 10.1 Å². The van der Waals surface area contributed by atoms with Gasteiger partial charge in [-0.05, 0) is 6.92 Å². The Hall–Kier alpha value is -0.810. The molecule has 0 fully saturated rings. The number of rotatable bonds is 6. The van der Waals surface area contributed by atoms with Gasteiger partial charge in [-0.3, -0.25) is 4.98 Å². The Kier molecular flexibility index (Phi) is 5.32. The van der Waals surface area contributed by atoms with Crippen LogP contribution >= 0.6 is 11.8 Å². The second kappa shape index (κ2) is 6.62. The molecule has 1 aromatic rings. The molecule has 0 aliphatic rings. The predicted octanol–water partition coefficient (Wildman–Crippen LogP) is 1.65. The molecule has 0 aliphatic heterocycles. The number of thioether (sulfide) groups is 1. The van der Waals surface area contributed by atoms with E-state index in [-0.39, 0.29) is 0 Å². The predicted molar refractivity (Wildman–Crippen MR) is 58.8 cm³/mol. The molecule has 0 radical (unpaired) electrons. The van der Waals surface area contributed by atoms with Crippen molar-refractivity contribution in [1.29, 1.82) is 0 Å². The van der Waals surface area contributed by atoms with Gasteiger partial charge in [-0.1, -0.05) is 0 Å². The summed E-state index contributed by atoms with van der Waals surface area (Å²) in [4.78, 5) is 8.46. The molecule has 1 heterocycles. The van der Waals surface area contributed by atoms with Crippen molar-refractivity contribution in [2.45, 2.75) is 11.9 Å². The van der Waals surface area contributed by atoms with E-state index in [1.54, 1.807) is 31.3 Å². The van der Waals surface area contributed by atoms with Crippen LogP contribution in [0.15, 0.2) is 17.4 Å². The lowest BCUT2D eigenvalue weighted by Crippen LogP contribution is -2.00. The summed E-state index contributed by atoms with van der Waals surface area (Å²) in [7, 11) is 1.70. The molecule has 5 heteroatoms. The SMILES string of the molecule is CCNc1cncc(SCCOC)n1. The topological polar surface area (TPSA) is 47.0 Å². The van der Waals surface area contributed by atoms with Crippen molar-refractivity contribution in [3.05, 3.63) is 12.4 Å². The normalized spacial score (nSPS) is 10.1. The summed E-state index contributed by atoms with van der Waals surface area (Å²) in [5.74, 6) is 1.73. The van der Waals surface area contributed by atoms with Crippen LogP contribution in [0.5, 0.6) is 0 Å². The molecule has 0 saturated heterocycles. The van der Waals surface area contributed by atoms with Crippen molar-refractivity contribution in [1.82, 2.24) is 9.97 Å². The highest BCUT2D eigenvalue weighted by atomic mass is 32.2. The number of aromatic nitrogens is 2. The summed E-state index contributed by atoms with van der Waals surface area (Å²) in [6, 6.07) is 0. The lowest BCUT2D eigenvalue weighted by Gasteiger charge is -2.03. The molecule has 1 N–H and O–H groups in total. The van der Waals surface area contributed by atoms with Crippen LogP contribution in [0.2, 0.25) is 0 Å². The van der Waals surface area contributed by atoms with Crippen LogP contribution in [0, 0.1) is 0 Å². The number of nitrogens with zero attached hydrogens (tertiary/aromatic N) is 2. The number of ether oxygens (including phenoxy) is 1. The fraction of sp³-hybridized carbons (Fsp3) is 0.556. The summed E-state index contributed by atoms with van der Waals surface area (Å²) in [5, 5.41) is 4.05. The van der Waals surface area contributed by atoms with Crippen molar-refractivity contribution in [3.63, 3.8) is 0 Å². The maximum Gasteiger partial charge on any atom is 0.145 e. The van der Waals surface area contributed by atoms with E-state index < -0.39 is 0 Å². The monoisotopic (exact) mass is 213 g/mol. The van der Waals surface area contributed by atoms with Crippen molar-refractivity contribution < 1.29 is 4.74 Å². The van der Waals surface area contributed by atoms with Gasteiger partial charge in [-0.25, -0.2) is 4.98 Å². The molecule has 0 amide bonds. The molecule has 4 nitrogen and oxygen atoms in total. The molecule has 1 rings (SSSR count). The molecule has 0 spiro atoms. The van der Waals surface area contributed by atoms with Gasteiger partial charge in [0.25, 0.3) is 0 Å². The van der Waals surface area contributed by atoms with E-state index in [1.165, 1.54) is 0 Å². The van der Waals surface area contributed by atoms with E-state index in [2.05, 4.69) is 15.3 Å². The number of methoxy groups -OCH3 is 1. The Morgan fingerprint density at radius 3 is 3.07 bits per heavy atom. The summed E-state index contributed by atoms with van der Waals surface area (Å²) < 4.78 is 4.96. The van der Waals surface area contributed by atoms with E-state index in [9.17, 15) is 0 Å². The van der Waals surface area contributed by atoms with Gasteiger partial charge in [0.15, 0.2) is 0 Å². The Balaban J connectivity index is 2.46. The molecule has 1 aromatic heterocycles. The third-order valence-electron chi connectivity index (χ3n) is 1.51. The second-order valence-corrected chi connectivity index (χ2v) is 3.73. The zero-order valence-corrected chi connectivity index (χ0v) is 9.30. The third kappa shape index (κ3) is 3.93. The lowest BCUT2D eigenvalue weighted by atomic mass is 10.6. The van der Waals surface area contributed by atoms with Crippen molar-refractivity contribution >= 4 is 17.6 Å². The van der Waals surface area contributed by atoms with Gasteiger partial charge in [-0.2, -0.15) is 0 Å². The number of anilines is 1. The second-order valence-electron chi connectivity index (χ2n) is 2.61. The van der Waals surface area contributed by atoms with Crippen LogP contribution in [-0.4, -0.2) is 36.0 Å². The minimum atomic E-state index is 0.734. The van der Waals surface area contributed by atoms with E-state index in [0.717, 1.165) is 29.7 Å². The van der Waals surface area contributed by atoms with Crippen molar-refractivity contribution in [2.75, 3.05) is 31.3 Å². The Morgan fingerprint density at radius 2 is 2.36 bits per heavy atom. The molecule has 0 saturated carbocycles. The molecule has 0 bridgehead atoms. The van der Waals surface area contributed by atoms with E-state index in [1.807, 2.05) is 6.92 Å². The first-order valence-corrected chi connectivity index (χ1v) is 5.53. The van der Waals surface area contributed by atoms with Gasteiger partial charge in [0.1, 0.15) is 10.8 Å². The van der Waals surface area contributed by atoms with Gasteiger partial charge in [0, 0.05) is 19.4 Å². The Morgan fingerprint density at radius 1 is 1.50 bits per heavy atom. The summed E-state index contributed by atoms with van der Waals surface area (Å²) in [6.45, 7) is 3.63. The molecule has 78 valence electrons. The number of hydrogen-bond donors (Lipinski definition) is 1. The highest BCUT2D eigenvalue weighted by molar-refractivity contribution is 7.99. The van der Waals surface area contributed by atoms with E-state index in [0.29, 0.717) is 0 Å². The highest BCUT2D eigenvalue weighted by Gasteiger charge is 1.97. The van der Waals surface area contributed by atoms with Crippen LogP contribution in [0.4, 0.5) is 5.82 Å². The van der Waals surface area contributed by atoms with Gasteiger partial charge >= 0.3 is 0 Å². The van der Waals surface area contributed by atoms with Crippen LogP contribution in [0.25, 0.3) is 0 Å². The summed E-state index contributed by atoms with van der Waals surface area (Å²) in [5.41, 5.74) is 0. The summed E-state index contributed by atoms with van der Waals surface area (Å²) in [6.07, 6.45) is 3.49. The molecule has 0 aliphatic carbocycles. The first-order valence-electron chi connectivity index (χ1n) is 4.54. The molecule has 14 heavy (non-hydrogen) atoms. The lowest BCUT2D eigenvalue weighted by molar-refractivity contribution is 0.218. The minimum absolute atomic E-state index is 0.734. The van der Waals surface area contributed by atoms with Gasteiger partial charge in [0.2, 0.25) is 0 Å². The van der Waals surface area contributed by atoms with Gasteiger partial charge in [-0.15, -0.1) is 11.8 Å². The molecule has 0 atom stereocenters. The largest absolute Gasteiger partial charge is 0.384 e. The van der Waals surface area contributed by atoms with Crippen LogP contribution < -0.4 is 5.32 Å². The van der Waals surface area contributed by atoms with Crippen molar-refractivity contribution in [2.24, 2.45) is 0 Å². The van der Waals surface area contributed by atoms with Crippen LogP contribution in [0.1, 0.15) is 6.92 Å². The first kappa shape index (κ1) is 11.3. The fourth-order valence-corrected chi connectivity index (χ4v) is 1.67. The third-order valence-corrected chi connectivity index (χ3v) is 2.37. The van der Waals surface area contributed by atoms with Gasteiger partial charge in [0.05, 0.1) is 19.0 Å². The quantitative estimate of drug-likeness (QED) is 0.575. The number of hydrogen-bond acceptors (Lipinski definition) is 5. The number of nitrogens with one attached hydrogen (secondary N) is 1. The Bertz CT molecular complexity index is 270. The highest BCUT2D eigenvalue weighted by Crippen LogP contribution is 2.15.